The first-order valence-corrected chi connectivity index (χ1v) is 11.6. The maximum absolute atomic E-state index is 12.6. The van der Waals surface area contributed by atoms with Crippen LogP contribution >= 0.6 is 23.1 Å². The number of hydrogen-bond acceptors (Lipinski definition) is 7. The van der Waals surface area contributed by atoms with Gasteiger partial charge >= 0.3 is 5.97 Å². The van der Waals surface area contributed by atoms with E-state index >= 15 is 0 Å². The highest BCUT2D eigenvalue weighted by molar-refractivity contribution is 7.99. The molecule has 2 aromatic heterocycles. The molecule has 4 rings (SSSR count). The first-order chi connectivity index (χ1) is 13.7. The van der Waals surface area contributed by atoms with Gasteiger partial charge in [-0.2, -0.15) is 0 Å². The fraction of sp³-hybridized carbons (Fsp3) is 0.579. The van der Waals surface area contributed by atoms with Crippen molar-refractivity contribution in [2.24, 2.45) is 5.92 Å². The summed E-state index contributed by atoms with van der Waals surface area (Å²) in [5, 5.41) is 11.6. The summed E-state index contributed by atoms with van der Waals surface area (Å²) in [7, 11) is 0. The lowest BCUT2D eigenvalue weighted by Gasteiger charge is -2.30. The Hall–Kier alpha value is -1.87. The van der Waals surface area contributed by atoms with Crippen LogP contribution < -0.4 is 0 Å². The average molecular weight is 421 g/mol. The van der Waals surface area contributed by atoms with Gasteiger partial charge in [0.2, 0.25) is 5.91 Å². The summed E-state index contributed by atoms with van der Waals surface area (Å²) in [5.41, 5.74) is 0. The van der Waals surface area contributed by atoms with Crippen LogP contribution in [-0.4, -0.2) is 57.0 Å². The molecule has 150 valence electrons. The van der Waals surface area contributed by atoms with Gasteiger partial charge in [-0.25, -0.2) is 0 Å². The van der Waals surface area contributed by atoms with Crippen LogP contribution in [0, 0.1) is 5.92 Å². The van der Waals surface area contributed by atoms with Crippen LogP contribution in [0.3, 0.4) is 0 Å². The van der Waals surface area contributed by atoms with E-state index in [1.807, 2.05) is 23.3 Å². The number of likely N-dealkylation sites (tertiary alicyclic amines) is 1. The number of aromatic nitrogens is 3. The number of nitrogens with zero attached hydrogens (tertiary/aromatic N) is 4. The summed E-state index contributed by atoms with van der Waals surface area (Å²) in [6.07, 6.45) is 3.63. The van der Waals surface area contributed by atoms with Crippen molar-refractivity contribution in [3.05, 3.63) is 17.5 Å². The Kier molecular flexibility index (Phi) is 6.01. The molecule has 0 aromatic carbocycles. The molecule has 1 amide bonds. The molecular weight excluding hydrogens is 396 g/mol. The van der Waals surface area contributed by atoms with Crippen molar-refractivity contribution in [2.75, 3.05) is 25.4 Å². The maximum atomic E-state index is 12.6. The first-order valence-electron chi connectivity index (χ1n) is 9.73. The number of esters is 1. The number of piperidine rings is 1. The molecule has 2 fully saturated rings. The molecule has 0 atom stereocenters. The van der Waals surface area contributed by atoms with Crippen LogP contribution in [0.25, 0.3) is 10.7 Å². The van der Waals surface area contributed by atoms with Crippen molar-refractivity contribution in [1.82, 2.24) is 19.7 Å². The van der Waals surface area contributed by atoms with Crippen LogP contribution in [0.5, 0.6) is 0 Å². The number of carbonyl (C=O) groups is 2. The normalized spacial score (nSPS) is 17.7. The van der Waals surface area contributed by atoms with Crippen molar-refractivity contribution in [2.45, 2.75) is 43.8 Å². The van der Waals surface area contributed by atoms with Crippen molar-refractivity contribution >= 4 is 35.0 Å². The van der Waals surface area contributed by atoms with Gasteiger partial charge in [0.15, 0.2) is 11.0 Å². The number of thiophene rings is 1. The number of hydrogen-bond donors (Lipinski definition) is 0. The summed E-state index contributed by atoms with van der Waals surface area (Å²) < 4.78 is 7.28. The van der Waals surface area contributed by atoms with E-state index in [1.54, 1.807) is 11.3 Å². The Morgan fingerprint density at radius 3 is 2.68 bits per heavy atom. The molecular formula is C19H24N4O3S2. The molecule has 1 saturated carbocycles. The number of carbonyl (C=O) groups excluding carboxylic acids is 2. The lowest BCUT2D eigenvalue weighted by Crippen LogP contribution is -2.41. The van der Waals surface area contributed by atoms with Gasteiger partial charge in [-0.3, -0.25) is 14.2 Å². The molecule has 2 aromatic rings. The molecule has 3 heterocycles. The Morgan fingerprint density at radius 2 is 2.04 bits per heavy atom. The molecule has 0 bridgehead atoms. The number of thioether (sulfide) groups is 1. The molecule has 0 spiro atoms. The van der Waals surface area contributed by atoms with Gasteiger partial charge in [0.25, 0.3) is 0 Å². The van der Waals surface area contributed by atoms with Gasteiger partial charge in [0, 0.05) is 19.1 Å². The molecule has 1 aliphatic heterocycles. The molecule has 9 heteroatoms. The van der Waals surface area contributed by atoms with Gasteiger partial charge in [0.05, 0.1) is 23.2 Å². The zero-order chi connectivity index (χ0) is 19.5. The van der Waals surface area contributed by atoms with E-state index in [1.165, 1.54) is 11.8 Å². The monoisotopic (exact) mass is 420 g/mol. The zero-order valence-electron chi connectivity index (χ0n) is 15.9. The van der Waals surface area contributed by atoms with E-state index in [2.05, 4.69) is 20.8 Å². The molecule has 0 N–H and O–H groups in total. The van der Waals surface area contributed by atoms with Crippen molar-refractivity contribution in [3.8, 4) is 10.7 Å². The van der Waals surface area contributed by atoms with E-state index in [9.17, 15) is 9.59 Å². The second kappa shape index (κ2) is 8.65. The van der Waals surface area contributed by atoms with Crippen LogP contribution in [0.2, 0.25) is 0 Å². The van der Waals surface area contributed by atoms with Crippen LogP contribution in [-0.2, 0) is 14.3 Å². The topological polar surface area (TPSA) is 77.3 Å². The number of rotatable bonds is 7. The second-order valence-electron chi connectivity index (χ2n) is 7.08. The number of amides is 1. The van der Waals surface area contributed by atoms with E-state index in [-0.39, 0.29) is 17.8 Å². The third kappa shape index (κ3) is 4.25. The smallest absolute Gasteiger partial charge is 0.309 e. The quantitative estimate of drug-likeness (QED) is 0.506. The number of ether oxygens (including phenoxy) is 1. The molecule has 28 heavy (non-hydrogen) atoms. The highest BCUT2D eigenvalue weighted by atomic mass is 32.2. The zero-order valence-corrected chi connectivity index (χ0v) is 17.5. The fourth-order valence-electron chi connectivity index (χ4n) is 3.45. The third-order valence-corrected chi connectivity index (χ3v) is 6.90. The largest absolute Gasteiger partial charge is 0.466 e. The van der Waals surface area contributed by atoms with E-state index in [0.717, 1.165) is 28.7 Å². The molecule has 0 radical (unpaired) electrons. The maximum Gasteiger partial charge on any atom is 0.309 e. The molecule has 0 unspecified atom stereocenters. The Bertz CT molecular complexity index is 824. The predicted octanol–water partition coefficient (Wildman–Crippen LogP) is 3.24. The van der Waals surface area contributed by atoms with Crippen LogP contribution in [0.15, 0.2) is 22.7 Å². The van der Waals surface area contributed by atoms with Crippen molar-refractivity contribution < 1.29 is 14.3 Å². The molecule has 1 saturated heterocycles. The average Bonchev–Trinajstić information content (AvgIpc) is 3.23. The minimum Gasteiger partial charge on any atom is -0.466 e. The Morgan fingerprint density at radius 1 is 1.25 bits per heavy atom. The van der Waals surface area contributed by atoms with Crippen LogP contribution in [0.4, 0.5) is 0 Å². The summed E-state index contributed by atoms with van der Waals surface area (Å²) in [5.74, 6) is 1.13. The summed E-state index contributed by atoms with van der Waals surface area (Å²) >= 11 is 3.12. The van der Waals surface area contributed by atoms with Crippen LogP contribution in [0.1, 0.15) is 38.6 Å². The molecule has 2 aliphatic rings. The predicted molar refractivity (Wildman–Crippen MR) is 108 cm³/mol. The van der Waals surface area contributed by atoms with Gasteiger partial charge in [-0.15, -0.1) is 21.5 Å². The van der Waals surface area contributed by atoms with E-state index < -0.39 is 0 Å². The van der Waals surface area contributed by atoms with Gasteiger partial charge in [-0.1, -0.05) is 17.8 Å². The minimum atomic E-state index is -0.136. The minimum absolute atomic E-state index is 0.0806. The molecule has 7 nitrogen and oxygen atoms in total. The van der Waals surface area contributed by atoms with E-state index in [4.69, 9.17) is 4.74 Å². The first kappa shape index (κ1) is 19.4. The second-order valence-corrected chi connectivity index (χ2v) is 8.97. The van der Waals surface area contributed by atoms with Gasteiger partial charge in [0.1, 0.15) is 0 Å². The van der Waals surface area contributed by atoms with Crippen molar-refractivity contribution in [3.63, 3.8) is 0 Å². The lowest BCUT2D eigenvalue weighted by atomic mass is 9.97. The van der Waals surface area contributed by atoms with E-state index in [0.29, 0.717) is 44.3 Å². The third-order valence-electron chi connectivity index (χ3n) is 5.11. The Labute approximate surface area is 172 Å². The van der Waals surface area contributed by atoms with Crippen molar-refractivity contribution in [1.29, 1.82) is 0 Å². The fourth-order valence-corrected chi connectivity index (χ4v) is 5.07. The summed E-state index contributed by atoms with van der Waals surface area (Å²) in [4.78, 5) is 27.4. The van der Waals surface area contributed by atoms with Gasteiger partial charge < -0.3 is 9.64 Å². The highest BCUT2D eigenvalue weighted by Gasteiger charge is 2.32. The summed E-state index contributed by atoms with van der Waals surface area (Å²) in [6.45, 7) is 3.44. The SMILES string of the molecule is CCOC(=O)C1CCN(C(=O)CSc2nnc(-c3cccs3)n2C2CC2)CC1. The van der Waals surface area contributed by atoms with Gasteiger partial charge in [-0.05, 0) is 44.1 Å². The highest BCUT2D eigenvalue weighted by Crippen LogP contribution is 2.41. The summed E-state index contributed by atoms with van der Waals surface area (Å²) in [6, 6.07) is 4.52. The molecule has 1 aliphatic carbocycles. The standard InChI is InChI=1S/C19H24N4O3S2/c1-2-26-18(25)13-7-9-22(10-8-13)16(24)12-28-19-21-20-17(15-4-3-11-27-15)23(19)14-5-6-14/h3-4,11,13-14H,2,5-10,12H2,1H3. The Balaban J connectivity index is 1.34. The lowest BCUT2D eigenvalue weighted by molar-refractivity contribution is -0.151.